The van der Waals surface area contributed by atoms with Crippen LogP contribution in [0.5, 0.6) is 0 Å². The van der Waals surface area contributed by atoms with Gasteiger partial charge in [-0.3, -0.25) is 0 Å². The van der Waals surface area contributed by atoms with Gasteiger partial charge in [0.2, 0.25) is 0 Å². The maximum Gasteiger partial charge on any atom is 0.182 e. The van der Waals surface area contributed by atoms with Gasteiger partial charge in [-0.2, -0.15) is 0 Å². The number of aryl methyl sites for hydroxylation is 1. The summed E-state index contributed by atoms with van der Waals surface area (Å²) in [6.07, 6.45) is 2.12. The quantitative estimate of drug-likeness (QED) is 0.871. The molecule has 0 aliphatic carbocycles. The first-order chi connectivity index (χ1) is 8.56. The highest BCUT2D eigenvalue weighted by molar-refractivity contribution is 7.91. The molecule has 1 aliphatic heterocycles. The number of aliphatic hydroxyl groups is 1. The number of benzene rings is 1. The van der Waals surface area contributed by atoms with Crippen molar-refractivity contribution in [3.63, 3.8) is 0 Å². The molecule has 0 saturated heterocycles. The van der Waals surface area contributed by atoms with E-state index in [1.165, 1.54) is 0 Å². The molecule has 1 heterocycles. The maximum absolute atomic E-state index is 12.2. The molecule has 4 nitrogen and oxygen atoms in total. The summed E-state index contributed by atoms with van der Waals surface area (Å²) >= 11 is 0. The summed E-state index contributed by atoms with van der Waals surface area (Å²) in [4.78, 5) is 0.419. The molecular weight excluding hydrogens is 250 g/mol. The van der Waals surface area contributed by atoms with Crippen molar-refractivity contribution in [1.29, 1.82) is 0 Å². The van der Waals surface area contributed by atoms with Crippen LogP contribution < -0.4 is 5.32 Å². The molecule has 0 aromatic heterocycles. The summed E-state index contributed by atoms with van der Waals surface area (Å²) in [5, 5.41) is 12.1. The topological polar surface area (TPSA) is 66.4 Å². The van der Waals surface area contributed by atoms with Crippen molar-refractivity contribution in [2.45, 2.75) is 37.1 Å². The minimum atomic E-state index is -3.20. The Morgan fingerprint density at radius 3 is 2.89 bits per heavy atom. The molecule has 2 rings (SSSR count). The monoisotopic (exact) mass is 269 g/mol. The van der Waals surface area contributed by atoms with Crippen molar-refractivity contribution in [1.82, 2.24) is 0 Å². The van der Waals surface area contributed by atoms with Gasteiger partial charge in [-0.1, -0.05) is 13.0 Å². The van der Waals surface area contributed by atoms with Crippen LogP contribution in [0.4, 0.5) is 5.69 Å². The van der Waals surface area contributed by atoms with E-state index in [1.54, 1.807) is 6.07 Å². The molecule has 1 atom stereocenters. The lowest BCUT2D eigenvalue weighted by Gasteiger charge is -2.27. The Bertz CT molecular complexity index is 525. The average molecular weight is 269 g/mol. The van der Waals surface area contributed by atoms with E-state index in [1.807, 2.05) is 19.1 Å². The van der Waals surface area contributed by atoms with Crippen molar-refractivity contribution < 1.29 is 13.5 Å². The largest absolute Gasteiger partial charge is 0.396 e. The van der Waals surface area contributed by atoms with Gasteiger partial charge in [0, 0.05) is 12.6 Å². The Kier molecular flexibility index (Phi) is 3.92. The van der Waals surface area contributed by atoms with Gasteiger partial charge in [0.05, 0.1) is 16.3 Å². The van der Waals surface area contributed by atoms with E-state index in [0.717, 1.165) is 12.0 Å². The molecule has 18 heavy (non-hydrogen) atoms. The van der Waals surface area contributed by atoms with Crippen LogP contribution in [0.3, 0.4) is 0 Å². The van der Waals surface area contributed by atoms with Gasteiger partial charge in [0.15, 0.2) is 9.84 Å². The highest BCUT2D eigenvalue weighted by Gasteiger charge is 2.29. The average Bonchev–Trinajstić information content (AvgIpc) is 2.35. The normalized spacial score (nSPS) is 21.1. The SMILES string of the molecule is CCc1ccc2c(c1)S(=O)(=O)CC(CCCO)N2. The van der Waals surface area contributed by atoms with Crippen LogP contribution in [0.1, 0.15) is 25.3 Å². The molecular formula is C13H19NO3S. The van der Waals surface area contributed by atoms with Gasteiger partial charge in [-0.15, -0.1) is 0 Å². The lowest BCUT2D eigenvalue weighted by Crippen LogP contribution is -2.34. The second-order valence-corrected chi connectivity index (χ2v) is 6.68. The Labute approximate surface area is 108 Å². The molecule has 0 amide bonds. The number of aliphatic hydroxyl groups excluding tert-OH is 1. The molecule has 0 spiro atoms. The number of rotatable bonds is 4. The number of sulfone groups is 1. The molecule has 1 aromatic rings. The molecule has 1 unspecified atom stereocenters. The molecule has 0 saturated carbocycles. The molecule has 1 aromatic carbocycles. The third kappa shape index (κ3) is 2.67. The van der Waals surface area contributed by atoms with E-state index in [-0.39, 0.29) is 18.4 Å². The minimum Gasteiger partial charge on any atom is -0.396 e. The zero-order chi connectivity index (χ0) is 13.2. The van der Waals surface area contributed by atoms with Gasteiger partial charge in [0.25, 0.3) is 0 Å². The number of anilines is 1. The highest BCUT2D eigenvalue weighted by Crippen LogP contribution is 2.30. The van der Waals surface area contributed by atoms with E-state index in [4.69, 9.17) is 5.11 Å². The fraction of sp³-hybridized carbons (Fsp3) is 0.538. The van der Waals surface area contributed by atoms with E-state index in [2.05, 4.69) is 5.32 Å². The van der Waals surface area contributed by atoms with Crippen molar-refractivity contribution in [2.75, 3.05) is 17.7 Å². The number of fused-ring (bicyclic) bond motifs is 1. The van der Waals surface area contributed by atoms with Gasteiger partial charge < -0.3 is 10.4 Å². The van der Waals surface area contributed by atoms with Crippen molar-refractivity contribution in [2.24, 2.45) is 0 Å². The third-order valence-electron chi connectivity index (χ3n) is 3.28. The number of nitrogens with one attached hydrogen (secondary N) is 1. The molecule has 0 bridgehead atoms. The summed E-state index contributed by atoms with van der Waals surface area (Å²) in [5.41, 5.74) is 1.73. The van der Waals surface area contributed by atoms with E-state index < -0.39 is 9.84 Å². The first-order valence-electron chi connectivity index (χ1n) is 6.30. The fourth-order valence-electron chi connectivity index (χ4n) is 2.27. The summed E-state index contributed by atoms with van der Waals surface area (Å²) in [6.45, 7) is 2.11. The molecule has 0 fully saturated rings. The summed E-state index contributed by atoms with van der Waals surface area (Å²) in [5.74, 6) is 0.118. The summed E-state index contributed by atoms with van der Waals surface area (Å²) in [7, 11) is -3.20. The van der Waals surface area contributed by atoms with Crippen molar-refractivity contribution in [3.05, 3.63) is 23.8 Å². The Hall–Kier alpha value is -1.07. The van der Waals surface area contributed by atoms with Gasteiger partial charge in [-0.25, -0.2) is 8.42 Å². The smallest absolute Gasteiger partial charge is 0.182 e. The Balaban J connectivity index is 2.31. The minimum absolute atomic E-state index is 0.0953. The Morgan fingerprint density at radius 1 is 1.44 bits per heavy atom. The summed E-state index contributed by atoms with van der Waals surface area (Å²) < 4.78 is 24.4. The van der Waals surface area contributed by atoms with E-state index in [9.17, 15) is 8.42 Å². The molecule has 1 aliphatic rings. The second kappa shape index (κ2) is 5.28. The van der Waals surface area contributed by atoms with Gasteiger partial charge in [-0.05, 0) is 37.0 Å². The highest BCUT2D eigenvalue weighted by atomic mass is 32.2. The predicted molar refractivity (Wildman–Crippen MR) is 71.6 cm³/mol. The van der Waals surface area contributed by atoms with Crippen molar-refractivity contribution >= 4 is 15.5 Å². The van der Waals surface area contributed by atoms with Crippen LogP contribution in [-0.2, 0) is 16.3 Å². The van der Waals surface area contributed by atoms with Crippen LogP contribution in [0, 0.1) is 0 Å². The first kappa shape index (κ1) is 13.4. The lowest BCUT2D eigenvalue weighted by molar-refractivity contribution is 0.282. The number of hydrogen-bond donors (Lipinski definition) is 2. The van der Waals surface area contributed by atoms with Gasteiger partial charge >= 0.3 is 0 Å². The van der Waals surface area contributed by atoms with Gasteiger partial charge in [0.1, 0.15) is 0 Å². The molecule has 5 heteroatoms. The standard InChI is InChI=1S/C13H19NO3S/c1-2-10-5-6-12-13(8-10)18(16,17)9-11(14-12)4-3-7-15/h5-6,8,11,14-15H,2-4,7,9H2,1H3. The van der Waals surface area contributed by atoms with Crippen LogP contribution in [0.15, 0.2) is 23.1 Å². The molecule has 100 valence electrons. The van der Waals surface area contributed by atoms with Crippen LogP contribution in [0.25, 0.3) is 0 Å². The maximum atomic E-state index is 12.2. The van der Waals surface area contributed by atoms with E-state index >= 15 is 0 Å². The molecule has 0 radical (unpaired) electrons. The fourth-order valence-corrected chi connectivity index (χ4v) is 4.02. The van der Waals surface area contributed by atoms with Crippen molar-refractivity contribution in [3.8, 4) is 0 Å². The first-order valence-corrected chi connectivity index (χ1v) is 7.95. The third-order valence-corrected chi connectivity index (χ3v) is 5.13. The predicted octanol–water partition coefficient (Wildman–Crippen LogP) is 1.59. The zero-order valence-corrected chi connectivity index (χ0v) is 11.3. The molecule has 2 N–H and O–H groups in total. The Morgan fingerprint density at radius 2 is 2.22 bits per heavy atom. The van der Waals surface area contributed by atoms with E-state index in [0.29, 0.717) is 23.4 Å². The number of hydrogen-bond acceptors (Lipinski definition) is 4. The van der Waals surface area contributed by atoms with Crippen LogP contribution in [0.2, 0.25) is 0 Å². The van der Waals surface area contributed by atoms with Crippen LogP contribution >= 0.6 is 0 Å². The second-order valence-electron chi connectivity index (χ2n) is 4.67. The zero-order valence-electron chi connectivity index (χ0n) is 10.5. The summed E-state index contributed by atoms with van der Waals surface area (Å²) in [6, 6.07) is 5.47. The van der Waals surface area contributed by atoms with Crippen LogP contribution in [-0.4, -0.2) is 31.9 Å². The lowest BCUT2D eigenvalue weighted by atomic mass is 10.1.